The molecule has 0 saturated heterocycles. The van der Waals surface area contributed by atoms with Crippen molar-refractivity contribution in [2.75, 3.05) is 0 Å². The lowest BCUT2D eigenvalue weighted by atomic mass is 10.1. The maximum Gasteiger partial charge on any atom is 0.135 e. The van der Waals surface area contributed by atoms with Gasteiger partial charge < -0.3 is 4.42 Å². The normalized spacial score (nSPS) is 12.3. The largest absolute Gasteiger partial charge is 0.456 e. The van der Waals surface area contributed by atoms with Gasteiger partial charge in [0.25, 0.3) is 0 Å². The third kappa shape index (κ3) is 2.84. The number of rotatable bonds is 3. The first-order chi connectivity index (χ1) is 9.53. The van der Waals surface area contributed by atoms with Crippen LogP contribution in [0.5, 0.6) is 0 Å². The molecule has 0 aliphatic rings. The molecule has 0 aliphatic heterocycles. The lowest BCUT2D eigenvalue weighted by Gasteiger charge is -2.17. The lowest BCUT2D eigenvalue weighted by molar-refractivity contribution is 0.668. The molecule has 3 rings (SSSR count). The highest BCUT2D eigenvalue weighted by Crippen LogP contribution is 2.29. The number of furan rings is 1. The monoisotopic (exact) mass is 285 g/mol. The first-order valence-electron chi connectivity index (χ1n) is 6.84. The smallest absolute Gasteiger partial charge is 0.135 e. The minimum Gasteiger partial charge on any atom is -0.456 e. The van der Waals surface area contributed by atoms with E-state index in [0.29, 0.717) is 0 Å². The number of hydrogen-bond acceptors (Lipinski definition) is 3. The fraction of sp³-hybridized carbons (Fsp3) is 0.294. The molecule has 0 atom stereocenters. The molecule has 1 N–H and O–H groups in total. The van der Waals surface area contributed by atoms with Gasteiger partial charge in [0.1, 0.15) is 11.2 Å². The van der Waals surface area contributed by atoms with Gasteiger partial charge in [-0.15, -0.1) is 0 Å². The number of fused-ring (bicyclic) bond motifs is 3. The van der Waals surface area contributed by atoms with Crippen molar-refractivity contribution < 1.29 is 4.42 Å². The van der Waals surface area contributed by atoms with Gasteiger partial charge in [-0.05, 0) is 44.5 Å². The van der Waals surface area contributed by atoms with Crippen LogP contribution in [0.25, 0.3) is 21.9 Å². The highest BCUT2D eigenvalue weighted by molar-refractivity contribution is 7.98. The second-order valence-corrected chi connectivity index (χ2v) is 7.68. The van der Waals surface area contributed by atoms with E-state index in [9.17, 15) is 0 Å². The molecule has 2 aromatic carbocycles. The van der Waals surface area contributed by atoms with Gasteiger partial charge in [-0.3, -0.25) is 4.72 Å². The van der Waals surface area contributed by atoms with Crippen molar-refractivity contribution in [2.24, 2.45) is 0 Å². The van der Waals surface area contributed by atoms with Crippen molar-refractivity contribution in [3.8, 4) is 0 Å². The van der Waals surface area contributed by atoms with E-state index < -0.39 is 0 Å². The highest BCUT2D eigenvalue weighted by Gasteiger charge is 2.11. The predicted octanol–water partition coefficient (Wildman–Crippen LogP) is 5.12. The SMILES string of the molecule is CC(C)(C)SNCc1ccc2oc3ccccc3c2c1. The van der Waals surface area contributed by atoms with E-state index in [4.69, 9.17) is 4.42 Å². The summed E-state index contributed by atoms with van der Waals surface area (Å²) in [6, 6.07) is 14.6. The second kappa shape index (κ2) is 5.15. The molecular weight excluding hydrogens is 266 g/mol. The first kappa shape index (κ1) is 13.5. The molecule has 0 unspecified atom stereocenters. The number of para-hydroxylation sites is 1. The molecule has 3 aromatic rings. The molecule has 0 spiro atoms. The summed E-state index contributed by atoms with van der Waals surface area (Å²) < 4.78 is 9.50. The molecule has 20 heavy (non-hydrogen) atoms. The van der Waals surface area contributed by atoms with E-state index in [-0.39, 0.29) is 4.75 Å². The molecular formula is C17H19NOS. The van der Waals surface area contributed by atoms with Crippen LogP contribution in [0.4, 0.5) is 0 Å². The minimum absolute atomic E-state index is 0.229. The Hall–Kier alpha value is -1.45. The molecule has 2 nitrogen and oxygen atoms in total. The molecule has 0 saturated carbocycles. The van der Waals surface area contributed by atoms with Gasteiger partial charge in [-0.2, -0.15) is 0 Å². The van der Waals surface area contributed by atoms with Gasteiger partial charge in [0.05, 0.1) is 0 Å². The molecule has 0 fully saturated rings. The van der Waals surface area contributed by atoms with Crippen molar-refractivity contribution in [2.45, 2.75) is 32.1 Å². The Morgan fingerprint density at radius 2 is 1.75 bits per heavy atom. The Morgan fingerprint density at radius 1 is 1.00 bits per heavy atom. The highest BCUT2D eigenvalue weighted by atomic mass is 32.2. The average molecular weight is 285 g/mol. The van der Waals surface area contributed by atoms with Crippen LogP contribution in [0.2, 0.25) is 0 Å². The zero-order valence-corrected chi connectivity index (χ0v) is 12.9. The second-order valence-electron chi connectivity index (χ2n) is 5.96. The van der Waals surface area contributed by atoms with Crippen LogP contribution in [0.1, 0.15) is 26.3 Å². The van der Waals surface area contributed by atoms with Crippen molar-refractivity contribution in [1.29, 1.82) is 0 Å². The first-order valence-corrected chi connectivity index (χ1v) is 7.66. The summed E-state index contributed by atoms with van der Waals surface area (Å²) >= 11 is 1.77. The van der Waals surface area contributed by atoms with Gasteiger partial charge in [0.15, 0.2) is 0 Å². The summed E-state index contributed by atoms with van der Waals surface area (Å²) in [5.41, 5.74) is 3.19. The third-order valence-corrected chi connectivity index (χ3v) is 4.00. The number of hydrogen-bond donors (Lipinski definition) is 1. The predicted molar refractivity (Wildman–Crippen MR) is 87.9 cm³/mol. The molecule has 0 radical (unpaired) electrons. The molecule has 0 aliphatic carbocycles. The van der Waals surface area contributed by atoms with Gasteiger partial charge >= 0.3 is 0 Å². The summed E-state index contributed by atoms with van der Waals surface area (Å²) in [4.78, 5) is 0. The van der Waals surface area contributed by atoms with Crippen LogP contribution in [-0.4, -0.2) is 4.75 Å². The van der Waals surface area contributed by atoms with Crippen molar-refractivity contribution in [3.63, 3.8) is 0 Å². The van der Waals surface area contributed by atoms with E-state index in [2.05, 4.69) is 55.8 Å². The molecule has 1 heterocycles. The Labute approximate surface area is 123 Å². The third-order valence-electron chi connectivity index (χ3n) is 3.10. The zero-order chi connectivity index (χ0) is 14.2. The van der Waals surface area contributed by atoms with E-state index in [1.807, 2.05) is 12.1 Å². The molecule has 0 amide bonds. The quantitative estimate of drug-likeness (QED) is 0.676. The molecule has 3 heteroatoms. The molecule has 1 aromatic heterocycles. The minimum atomic E-state index is 0.229. The zero-order valence-electron chi connectivity index (χ0n) is 12.1. The lowest BCUT2D eigenvalue weighted by Crippen LogP contribution is -2.16. The molecule has 104 valence electrons. The van der Waals surface area contributed by atoms with Crippen LogP contribution in [-0.2, 0) is 6.54 Å². The maximum atomic E-state index is 5.84. The summed E-state index contributed by atoms with van der Waals surface area (Å²) in [6.45, 7) is 7.48. The van der Waals surface area contributed by atoms with Gasteiger partial charge in [-0.25, -0.2) is 0 Å². The van der Waals surface area contributed by atoms with Crippen LogP contribution in [0.3, 0.4) is 0 Å². The van der Waals surface area contributed by atoms with E-state index >= 15 is 0 Å². The summed E-state index contributed by atoms with van der Waals surface area (Å²) in [5, 5.41) is 2.38. The number of nitrogens with one attached hydrogen (secondary N) is 1. The van der Waals surface area contributed by atoms with Crippen LogP contribution in [0.15, 0.2) is 46.9 Å². The fourth-order valence-corrected chi connectivity index (χ4v) is 2.89. The summed E-state index contributed by atoms with van der Waals surface area (Å²) in [6.07, 6.45) is 0. The Bertz CT molecular complexity index is 739. The Morgan fingerprint density at radius 3 is 2.55 bits per heavy atom. The molecule has 0 bridgehead atoms. The summed E-state index contributed by atoms with van der Waals surface area (Å²) in [5.74, 6) is 0. The van der Waals surface area contributed by atoms with Crippen LogP contribution in [0, 0.1) is 0 Å². The summed E-state index contributed by atoms with van der Waals surface area (Å²) in [7, 11) is 0. The van der Waals surface area contributed by atoms with Crippen molar-refractivity contribution >= 4 is 33.9 Å². The van der Waals surface area contributed by atoms with E-state index in [0.717, 1.165) is 17.7 Å². The topological polar surface area (TPSA) is 25.2 Å². The van der Waals surface area contributed by atoms with E-state index in [1.54, 1.807) is 11.9 Å². The number of benzene rings is 2. The standard InChI is InChI=1S/C17H19NOS/c1-17(2,3)20-18-11-12-8-9-16-14(10-12)13-6-4-5-7-15(13)19-16/h4-10,18H,11H2,1-3H3. The van der Waals surface area contributed by atoms with Crippen LogP contribution < -0.4 is 4.72 Å². The van der Waals surface area contributed by atoms with Crippen LogP contribution >= 0.6 is 11.9 Å². The van der Waals surface area contributed by atoms with Gasteiger partial charge in [0, 0.05) is 22.1 Å². The van der Waals surface area contributed by atoms with Crippen molar-refractivity contribution in [3.05, 3.63) is 48.0 Å². The van der Waals surface area contributed by atoms with Gasteiger partial charge in [0.2, 0.25) is 0 Å². The van der Waals surface area contributed by atoms with Gasteiger partial charge in [-0.1, -0.05) is 36.2 Å². The Kier molecular flexibility index (Phi) is 3.48. The fourth-order valence-electron chi connectivity index (χ4n) is 2.22. The Balaban J connectivity index is 1.88. The van der Waals surface area contributed by atoms with E-state index in [1.165, 1.54) is 16.3 Å². The maximum absolute atomic E-state index is 5.84. The average Bonchev–Trinajstić information content (AvgIpc) is 2.75. The van der Waals surface area contributed by atoms with Crippen molar-refractivity contribution in [1.82, 2.24) is 4.72 Å².